The Labute approximate surface area is 640 Å². The van der Waals surface area contributed by atoms with E-state index in [0.29, 0.717) is 169 Å². The maximum atomic E-state index is 13.9. The Morgan fingerprint density at radius 3 is 0.645 bits per heavy atom. The largest absolute Gasteiger partial charge is 0.507 e. The molecular formula is C84H98N14O12. The van der Waals surface area contributed by atoms with Crippen molar-refractivity contribution in [2.75, 3.05) is 218 Å². The Morgan fingerprint density at radius 1 is 0.218 bits per heavy atom. The quantitative estimate of drug-likeness (QED) is 0.0132. The number of aromatic hydroxyl groups is 4. The molecule has 8 aromatic rings. The second-order valence-electron chi connectivity index (χ2n) is 29.0. The maximum absolute atomic E-state index is 13.9. The fraction of sp³-hybridized carbons (Fsp3) is 0.333. The van der Waals surface area contributed by atoms with Gasteiger partial charge in [-0.05, 0) is 169 Å². The highest BCUT2D eigenvalue weighted by Crippen LogP contribution is 2.45. The van der Waals surface area contributed by atoms with Crippen LogP contribution in [-0.4, -0.2) is 271 Å². The molecule has 0 bridgehead atoms. The van der Waals surface area contributed by atoms with E-state index >= 15 is 0 Å². The maximum Gasteiger partial charge on any atom is 0.200 e. The van der Waals surface area contributed by atoms with E-state index in [2.05, 4.69) is 64.3 Å². The molecule has 576 valence electrons. The zero-order valence-electron chi connectivity index (χ0n) is 64.0. The van der Waals surface area contributed by atoms with Crippen LogP contribution in [0.1, 0.15) is 140 Å². The molecule has 0 fully saturated rings. The molecule has 0 spiro atoms. The molecule has 0 saturated heterocycles. The van der Waals surface area contributed by atoms with Crippen molar-refractivity contribution >= 4 is 91.8 Å². The molecule has 0 radical (unpaired) electrons. The number of hydrogen-bond acceptors (Lipinski definition) is 26. The van der Waals surface area contributed by atoms with Gasteiger partial charge >= 0.3 is 0 Å². The second-order valence-corrected chi connectivity index (χ2v) is 29.0. The summed E-state index contributed by atoms with van der Waals surface area (Å²) in [4.78, 5) is 123. The topological polar surface area (TPSA) is 333 Å². The summed E-state index contributed by atoms with van der Waals surface area (Å²) in [5, 5.41) is 69.3. The lowest BCUT2D eigenvalue weighted by Gasteiger charge is -2.26. The van der Waals surface area contributed by atoms with Gasteiger partial charge in [0, 0.05) is 159 Å². The highest BCUT2D eigenvalue weighted by Gasteiger charge is 2.41. The predicted octanol–water partition coefficient (Wildman–Crippen LogP) is 8.88. The fourth-order valence-electron chi connectivity index (χ4n) is 14.2. The lowest BCUT2D eigenvalue weighted by atomic mass is 9.81. The minimum atomic E-state index is -0.586. The van der Waals surface area contributed by atoms with E-state index < -0.39 is 23.1 Å². The van der Waals surface area contributed by atoms with Gasteiger partial charge in [-0.25, -0.2) is 0 Å². The molecule has 0 atom stereocenters. The van der Waals surface area contributed by atoms with E-state index in [-0.39, 0.29) is 90.6 Å². The number of carbonyl (C=O) groups is 8. The van der Waals surface area contributed by atoms with Crippen molar-refractivity contribution < 1.29 is 58.8 Å². The van der Waals surface area contributed by atoms with Crippen molar-refractivity contribution in [3.8, 4) is 23.0 Å². The SMILES string of the molecule is CN(C)CCNc1ccc(O)c2c1C(=O)c1c(O)ccc(NCCN(C)CCNc3ccc(O)c4c3C(=O)c3c(O)ccc(NCCN(C)C)c3C4=O)c1C2=O.CN(C)CCNc1cccc2c1C(=O)c1cccc(NCCCN(C)CCCNc3cccc4c3C(=O)c3cccc(NCCN(C)C)c3C4=O)c1C2=O. The van der Waals surface area contributed by atoms with Gasteiger partial charge in [0.1, 0.15) is 23.0 Å². The smallest absolute Gasteiger partial charge is 0.200 e. The molecule has 12 rings (SSSR count). The summed E-state index contributed by atoms with van der Waals surface area (Å²) in [7, 11) is 19.5. The number of fused-ring (bicyclic) bond motifs is 8. The van der Waals surface area contributed by atoms with Crippen LogP contribution in [0.4, 0.5) is 45.5 Å². The van der Waals surface area contributed by atoms with E-state index in [9.17, 15) is 58.8 Å². The van der Waals surface area contributed by atoms with Crippen LogP contribution in [0.5, 0.6) is 23.0 Å². The molecule has 26 nitrogen and oxygen atoms in total. The van der Waals surface area contributed by atoms with Crippen molar-refractivity contribution in [2.24, 2.45) is 0 Å². The van der Waals surface area contributed by atoms with Gasteiger partial charge in [-0.15, -0.1) is 0 Å². The molecule has 0 heterocycles. The summed E-state index contributed by atoms with van der Waals surface area (Å²) in [5.41, 5.74) is 7.10. The average molecular weight is 1500 g/mol. The summed E-state index contributed by atoms with van der Waals surface area (Å²) in [6.07, 6.45) is 1.67. The first-order chi connectivity index (χ1) is 52.8. The van der Waals surface area contributed by atoms with E-state index in [1.165, 1.54) is 36.4 Å². The summed E-state index contributed by atoms with van der Waals surface area (Å²) >= 11 is 0. The van der Waals surface area contributed by atoms with Gasteiger partial charge in [-0.2, -0.15) is 0 Å². The second kappa shape index (κ2) is 35.2. The van der Waals surface area contributed by atoms with Crippen LogP contribution in [-0.2, 0) is 0 Å². The third-order valence-electron chi connectivity index (χ3n) is 19.9. The van der Waals surface area contributed by atoms with Gasteiger partial charge in [-0.3, -0.25) is 38.4 Å². The standard InChI is InChI=1S/C43H51N7O4.C41H47N7O8/c1-48(2)26-22-46-34-18-8-14-30-38(34)42(53)28-12-6-16-32(36(28)40(30)51)44-20-10-24-50(5)25-11-21-45-33-17-7-13-29-37(33)41(52)31-15-9-19-35(39(31)43(29)54)47-23-27-49(3)4;1-46(2)18-14-42-22-6-10-26(49)34-30(22)38(53)36-28(51)12-8-24(32(36)40(34)55)44-16-20-48(5)21-17-45-25-9-13-29(52)37-33(25)41(56)35-27(50)11-7-23(31(35)39(37)54)43-15-19-47(3)4/h6-9,12-19,44-47H,10-11,20-27H2,1-5H3;6-13,42-45,49-52H,14-21H2,1-5H3. The molecule has 12 N–H and O–H groups in total. The van der Waals surface area contributed by atoms with Crippen molar-refractivity contribution in [1.29, 1.82) is 0 Å². The average Bonchev–Trinajstić information content (AvgIpc) is 0.743. The molecule has 0 saturated carbocycles. The van der Waals surface area contributed by atoms with Crippen LogP contribution < -0.4 is 42.5 Å². The highest BCUT2D eigenvalue weighted by molar-refractivity contribution is 6.36. The zero-order valence-corrected chi connectivity index (χ0v) is 64.0. The Morgan fingerprint density at radius 2 is 0.418 bits per heavy atom. The fourth-order valence-corrected chi connectivity index (χ4v) is 14.2. The van der Waals surface area contributed by atoms with E-state index in [4.69, 9.17) is 0 Å². The lowest BCUT2D eigenvalue weighted by molar-refractivity contribution is 0.0975. The molecule has 0 unspecified atom stereocenters. The minimum Gasteiger partial charge on any atom is -0.507 e. The van der Waals surface area contributed by atoms with Gasteiger partial charge in [0.15, 0.2) is 23.1 Å². The highest BCUT2D eigenvalue weighted by atomic mass is 16.3. The lowest BCUT2D eigenvalue weighted by Crippen LogP contribution is -2.31. The van der Waals surface area contributed by atoms with Crippen LogP contribution in [0.2, 0.25) is 0 Å². The van der Waals surface area contributed by atoms with Crippen molar-refractivity contribution in [2.45, 2.75) is 12.8 Å². The third-order valence-corrected chi connectivity index (χ3v) is 19.9. The van der Waals surface area contributed by atoms with Crippen molar-refractivity contribution in [3.63, 3.8) is 0 Å². The van der Waals surface area contributed by atoms with Crippen LogP contribution in [0, 0.1) is 0 Å². The van der Waals surface area contributed by atoms with E-state index in [0.717, 1.165) is 39.0 Å². The number of benzene rings is 8. The van der Waals surface area contributed by atoms with Gasteiger partial charge in [0.05, 0.1) is 66.8 Å². The molecule has 0 aromatic heterocycles. The number of likely N-dealkylation sites (N-methyl/N-ethyl adjacent to an activating group) is 5. The monoisotopic (exact) mass is 1490 g/mol. The number of hydrogen-bond donors (Lipinski definition) is 12. The Bertz CT molecular complexity index is 4600. The number of anilines is 8. The number of nitrogens with one attached hydrogen (secondary N) is 8. The molecule has 8 aromatic carbocycles. The van der Waals surface area contributed by atoms with Gasteiger partial charge < -0.3 is 92.4 Å². The van der Waals surface area contributed by atoms with Gasteiger partial charge in [0.2, 0.25) is 23.1 Å². The minimum absolute atomic E-state index is 0.0141. The van der Waals surface area contributed by atoms with Crippen molar-refractivity contribution in [3.05, 3.63) is 210 Å². The molecule has 110 heavy (non-hydrogen) atoms. The van der Waals surface area contributed by atoms with Crippen LogP contribution in [0.15, 0.2) is 121 Å². The summed E-state index contributed by atoms with van der Waals surface area (Å²) < 4.78 is 0. The molecule has 26 heteroatoms. The summed E-state index contributed by atoms with van der Waals surface area (Å²) in [5.74, 6) is -4.23. The van der Waals surface area contributed by atoms with Crippen molar-refractivity contribution in [1.82, 2.24) is 29.4 Å². The number of phenols is 4. The predicted molar refractivity (Wildman–Crippen MR) is 432 cm³/mol. The Kier molecular flexibility index (Phi) is 25.5. The summed E-state index contributed by atoms with van der Waals surface area (Å²) in [6, 6.07) is 33.3. The first kappa shape index (κ1) is 79.5. The van der Waals surface area contributed by atoms with E-state index in [1.807, 2.05) is 127 Å². The number of carbonyl (C=O) groups excluding carboxylic acids is 8. The van der Waals surface area contributed by atoms with Gasteiger partial charge in [-0.1, -0.05) is 48.5 Å². The van der Waals surface area contributed by atoms with Crippen LogP contribution in [0.3, 0.4) is 0 Å². The van der Waals surface area contributed by atoms with Crippen LogP contribution >= 0.6 is 0 Å². The molecule has 0 aliphatic heterocycles. The third kappa shape index (κ3) is 17.1. The summed E-state index contributed by atoms with van der Waals surface area (Å²) in [6.45, 7) is 9.77. The Hall–Kier alpha value is -11.5. The first-order valence-corrected chi connectivity index (χ1v) is 37.0. The normalized spacial score (nSPS) is 13.2. The molecule has 4 aliphatic rings. The molecule has 4 aliphatic carbocycles. The first-order valence-electron chi connectivity index (χ1n) is 37.0. The van der Waals surface area contributed by atoms with Crippen LogP contribution in [0.25, 0.3) is 0 Å². The number of phenolic OH excluding ortho intramolecular Hbond substituents is 4. The number of nitrogens with zero attached hydrogens (tertiary/aromatic N) is 6. The Balaban J connectivity index is 0.000000218. The van der Waals surface area contributed by atoms with E-state index in [1.54, 1.807) is 36.4 Å². The number of rotatable bonds is 34. The zero-order chi connectivity index (χ0) is 78.8. The molecule has 0 amide bonds. The van der Waals surface area contributed by atoms with Gasteiger partial charge in [0.25, 0.3) is 0 Å². The molecular weight excluding hydrogens is 1400 g/mol. The number of ketones is 8.